The molecule has 3 rings (SSSR count). The lowest BCUT2D eigenvalue weighted by molar-refractivity contribution is -0.142. The summed E-state index contributed by atoms with van der Waals surface area (Å²) >= 11 is 0. The normalized spacial score (nSPS) is 11.9. The number of carbonyl (C=O) groups is 1. The van der Waals surface area contributed by atoms with E-state index in [1.807, 2.05) is 36.0 Å². The SMILES string of the molecule is Cn1cc(/C=N/OCC(=O)O)c2cc(OCc3ccc(C(C)(C)C)cc3)ccc21. The number of ether oxygens (including phenoxy) is 1. The van der Waals surface area contributed by atoms with Crippen LogP contribution in [0.3, 0.4) is 0 Å². The minimum atomic E-state index is -1.06. The van der Waals surface area contributed by atoms with E-state index in [2.05, 4.69) is 50.2 Å². The van der Waals surface area contributed by atoms with E-state index in [-0.39, 0.29) is 5.41 Å². The van der Waals surface area contributed by atoms with Crippen molar-refractivity contribution in [2.45, 2.75) is 32.8 Å². The van der Waals surface area contributed by atoms with Crippen LogP contribution in [0.5, 0.6) is 5.75 Å². The molecular weight excluding hydrogens is 368 g/mol. The van der Waals surface area contributed by atoms with E-state index in [1.165, 1.54) is 11.8 Å². The quantitative estimate of drug-likeness (QED) is 0.473. The highest BCUT2D eigenvalue weighted by Gasteiger charge is 2.13. The Kier molecular flexibility index (Phi) is 5.92. The van der Waals surface area contributed by atoms with Gasteiger partial charge in [-0.15, -0.1) is 0 Å². The van der Waals surface area contributed by atoms with Gasteiger partial charge in [-0.25, -0.2) is 4.79 Å². The lowest BCUT2D eigenvalue weighted by Gasteiger charge is -2.19. The second kappa shape index (κ2) is 8.39. The molecule has 6 nitrogen and oxygen atoms in total. The zero-order chi connectivity index (χ0) is 21.0. The Balaban J connectivity index is 1.73. The molecule has 0 aliphatic heterocycles. The zero-order valence-electron chi connectivity index (χ0n) is 17.2. The van der Waals surface area contributed by atoms with Gasteiger partial charge in [0.1, 0.15) is 12.4 Å². The molecule has 0 aliphatic rings. The molecule has 1 heterocycles. The molecule has 2 aromatic carbocycles. The van der Waals surface area contributed by atoms with Gasteiger partial charge in [-0.1, -0.05) is 50.2 Å². The van der Waals surface area contributed by atoms with Gasteiger partial charge in [-0.05, 0) is 34.7 Å². The maximum absolute atomic E-state index is 10.5. The van der Waals surface area contributed by atoms with E-state index in [9.17, 15) is 4.79 Å². The molecule has 1 aromatic heterocycles. The van der Waals surface area contributed by atoms with Crippen molar-refractivity contribution < 1.29 is 19.5 Å². The van der Waals surface area contributed by atoms with Crippen LogP contribution in [-0.4, -0.2) is 28.5 Å². The fraction of sp³-hybridized carbons (Fsp3) is 0.304. The van der Waals surface area contributed by atoms with Crippen LogP contribution in [0, 0.1) is 0 Å². The molecule has 0 unspecified atom stereocenters. The highest BCUT2D eigenvalue weighted by atomic mass is 16.6. The molecule has 0 saturated heterocycles. The highest BCUT2D eigenvalue weighted by molar-refractivity contribution is 5.99. The number of nitrogens with zero attached hydrogens (tertiary/aromatic N) is 2. The smallest absolute Gasteiger partial charge is 0.344 e. The van der Waals surface area contributed by atoms with Crippen LogP contribution in [0.1, 0.15) is 37.5 Å². The van der Waals surface area contributed by atoms with Crippen molar-refractivity contribution in [2.24, 2.45) is 12.2 Å². The van der Waals surface area contributed by atoms with Gasteiger partial charge in [-0.2, -0.15) is 0 Å². The average Bonchev–Trinajstić information content (AvgIpc) is 2.98. The highest BCUT2D eigenvalue weighted by Crippen LogP contribution is 2.26. The first-order valence-electron chi connectivity index (χ1n) is 9.42. The first-order chi connectivity index (χ1) is 13.7. The van der Waals surface area contributed by atoms with Crippen molar-refractivity contribution in [3.8, 4) is 5.75 Å². The van der Waals surface area contributed by atoms with Crippen LogP contribution in [0.4, 0.5) is 0 Å². The molecule has 0 radical (unpaired) electrons. The number of oxime groups is 1. The molecule has 152 valence electrons. The fourth-order valence-corrected chi connectivity index (χ4v) is 3.05. The van der Waals surface area contributed by atoms with Gasteiger partial charge < -0.3 is 19.2 Å². The molecule has 0 saturated carbocycles. The van der Waals surface area contributed by atoms with Gasteiger partial charge in [0.05, 0.1) is 6.21 Å². The number of hydrogen-bond donors (Lipinski definition) is 1. The first-order valence-corrected chi connectivity index (χ1v) is 9.42. The van der Waals surface area contributed by atoms with Crippen molar-refractivity contribution in [2.75, 3.05) is 6.61 Å². The molecule has 0 spiro atoms. The predicted molar refractivity (Wildman–Crippen MR) is 114 cm³/mol. The molecule has 1 N–H and O–H groups in total. The van der Waals surface area contributed by atoms with E-state index >= 15 is 0 Å². The number of aryl methyl sites for hydroxylation is 1. The fourth-order valence-electron chi connectivity index (χ4n) is 3.05. The molecule has 0 bridgehead atoms. The molecule has 0 fully saturated rings. The van der Waals surface area contributed by atoms with E-state index < -0.39 is 12.6 Å². The zero-order valence-corrected chi connectivity index (χ0v) is 17.2. The Bertz CT molecular complexity index is 1030. The van der Waals surface area contributed by atoms with Crippen molar-refractivity contribution in [3.63, 3.8) is 0 Å². The van der Waals surface area contributed by atoms with Gasteiger partial charge in [-0.3, -0.25) is 0 Å². The Morgan fingerprint density at radius 2 is 1.90 bits per heavy atom. The Morgan fingerprint density at radius 1 is 1.17 bits per heavy atom. The van der Waals surface area contributed by atoms with E-state index in [0.29, 0.717) is 6.61 Å². The standard InChI is InChI=1S/C23H26N2O4/c1-23(2,3)18-7-5-16(6-8-18)14-28-19-9-10-21-20(11-19)17(13-25(21)4)12-24-29-15-22(26)27/h5-13H,14-15H2,1-4H3,(H,26,27)/b24-12+. The summed E-state index contributed by atoms with van der Waals surface area (Å²) in [5, 5.41) is 13.3. The van der Waals surface area contributed by atoms with Gasteiger partial charge in [0.2, 0.25) is 6.61 Å². The summed E-state index contributed by atoms with van der Waals surface area (Å²) in [7, 11) is 1.94. The summed E-state index contributed by atoms with van der Waals surface area (Å²) < 4.78 is 7.96. The van der Waals surface area contributed by atoms with E-state index in [1.54, 1.807) is 0 Å². The maximum atomic E-state index is 10.5. The third-order valence-electron chi connectivity index (χ3n) is 4.67. The molecular formula is C23H26N2O4. The van der Waals surface area contributed by atoms with Gasteiger partial charge in [0.15, 0.2) is 0 Å². The van der Waals surface area contributed by atoms with Gasteiger partial charge in [0.25, 0.3) is 0 Å². The minimum Gasteiger partial charge on any atom is -0.489 e. The number of aromatic nitrogens is 1. The van der Waals surface area contributed by atoms with Crippen molar-refractivity contribution in [3.05, 3.63) is 65.4 Å². The Hall–Kier alpha value is -3.28. The summed E-state index contributed by atoms with van der Waals surface area (Å²) in [6.07, 6.45) is 3.42. The molecule has 0 atom stereocenters. The average molecular weight is 394 g/mol. The number of carboxylic acid groups (broad SMARTS) is 1. The minimum absolute atomic E-state index is 0.129. The monoisotopic (exact) mass is 394 g/mol. The Morgan fingerprint density at radius 3 is 2.55 bits per heavy atom. The van der Waals surface area contributed by atoms with Crippen LogP contribution in [0.15, 0.2) is 53.8 Å². The predicted octanol–water partition coefficient (Wildman–Crippen LogP) is 4.49. The van der Waals surface area contributed by atoms with E-state index in [4.69, 9.17) is 14.7 Å². The summed E-state index contributed by atoms with van der Waals surface area (Å²) in [6, 6.07) is 14.4. The largest absolute Gasteiger partial charge is 0.489 e. The number of benzene rings is 2. The number of rotatable bonds is 7. The molecule has 6 heteroatoms. The molecule has 29 heavy (non-hydrogen) atoms. The molecule has 0 amide bonds. The molecule has 3 aromatic rings. The lowest BCUT2D eigenvalue weighted by atomic mass is 9.87. The van der Waals surface area contributed by atoms with Crippen molar-refractivity contribution >= 4 is 23.1 Å². The number of hydrogen-bond acceptors (Lipinski definition) is 4. The summed E-state index contributed by atoms with van der Waals surface area (Å²) in [5.74, 6) is -0.309. The summed E-state index contributed by atoms with van der Waals surface area (Å²) in [5.41, 5.74) is 4.37. The van der Waals surface area contributed by atoms with Crippen LogP contribution in [-0.2, 0) is 28.7 Å². The van der Waals surface area contributed by atoms with Crippen LogP contribution in [0.2, 0.25) is 0 Å². The summed E-state index contributed by atoms with van der Waals surface area (Å²) in [4.78, 5) is 15.3. The summed E-state index contributed by atoms with van der Waals surface area (Å²) in [6.45, 7) is 6.60. The second-order valence-electron chi connectivity index (χ2n) is 8.01. The third-order valence-corrected chi connectivity index (χ3v) is 4.67. The van der Waals surface area contributed by atoms with Crippen molar-refractivity contribution in [1.29, 1.82) is 0 Å². The number of fused-ring (bicyclic) bond motifs is 1. The maximum Gasteiger partial charge on any atom is 0.344 e. The molecule has 0 aliphatic carbocycles. The van der Waals surface area contributed by atoms with Crippen LogP contribution >= 0.6 is 0 Å². The van der Waals surface area contributed by atoms with Crippen molar-refractivity contribution in [1.82, 2.24) is 4.57 Å². The first kappa shape index (κ1) is 20.5. The Labute approximate surface area is 170 Å². The lowest BCUT2D eigenvalue weighted by Crippen LogP contribution is -2.10. The van der Waals surface area contributed by atoms with Gasteiger partial charge >= 0.3 is 5.97 Å². The number of carboxylic acids is 1. The van der Waals surface area contributed by atoms with E-state index in [0.717, 1.165) is 27.8 Å². The second-order valence-corrected chi connectivity index (χ2v) is 8.01. The topological polar surface area (TPSA) is 73.1 Å². The third kappa shape index (κ3) is 5.16. The van der Waals surface area contributed by atoms with Crippen LogP contribution < -0.4 is 4.74 Å². The number of aliphatic carboxylic acids is 1. The van der Waals surface area contributed by atoms with Crippen LogP contribution in [0.25, 0.3) is 10.9 Å². The van der Waals surface area contributed by atoms with Gasteiger partial charge in [0, 0.05) is 29.7 Å².